The first-order valence-electron chi connectivity index (χ1n) is 4.38. The van der Waals surface area contributed by atoms with Crippen LogP contribution in [0.15, 0.2) is 12.2 Å². The first-order valence-corrected chi connectivity index (χ1v) is 4.38. The third-order valence-corrected chi connectivity index (χ3v) is 1.76. The fourth-order valence-corrected chi connectivity index (χ4v) is 1.16. The lowest BCUT2D eigenvalue weighted by molar-refractivity contribution is 0.406. The van der Waals surface area contributed by atoms with Crippen LogP contribution in [0, 0.1) is 5.41 Å². The Morgan fingerprint density at radius 2 is 1.73 bits per heavy atom. The van der Waals surface area contributed by atoms with Gasteiger partial charge in [0.05, 0.1) is 0 Å². The minimum atomic E-state index is 0. The molecule has 0 aromatic heterocycles. The molecule has 0 unspecified atom stereocenters. The molecule has 0 radical (unpaired) electrons. The number of allylic oxidation sites excluding steroid dienone is 2. The van der Waals surface area contributed by atoms with E-state index in [1.807, 2.05) is 13.8 Å². The van der Waals surface area contributed by atoms with Crippen molar-refractivity contribution < 1.29 is 0 Å². The van der Waals surface area contributed by atoms with E-state index in [0.717, 1.165) is 0 Å². The summed E-state index contributed by atoms with van der Waals surface area (Å²) in [6, 6.07) is 0. The molecule has 11 heavy (non-hydrogen) atoms. The Hall–Kier alpha value is 0.0900. The van der Waals surface area contributed by atoms with Crippen LogP contribution in [0.3, 0.4) is 0 Å². The van der Waals surface area contributed by atoms with Crippen molar-refractivity contribution in [3.05, 3.63) is 12.2 Å². The maximum atomic E-state index is 2.33. The van der Waals surface area contributed by atoms with Gasteiger partial charge in [-0.05, 0) is 24.7 Å². The van der Waals surface area contributed by atoms with E-state index >= 15 is 0 Å². The van der Waals surface area contributed by atoms with Crippen LogP contribution in [0.25, 0.3) is 0 Å². The molecule has 0 heterocycles. The first kappa shape index (κ1) is 13.7. The predicted molar refractivity (Wildman–Crippen MR) is 58.5 cm³/mol. The third-order valence-electron chi connectivity index (χ3n) is 1.76. The van der Waals surface area contributed by atoms with Gasteiger partial charge in [-0.15, -0.1) is 0 Å². The van der Waals surface area contributed by atoms with E-state index in [0.29, 0.717) is 5.41 Å². The van der Waals surface area contributed by atoms with Crippen LogP contribution in [0.1, 0.15) is 47.0 Å². The van der Waals surface area contributed by atoms with E-state index in [4.69, 9.17) is 0 Å². The molecule has 0 spiro atoms. The number of rotatable bonds is 0. The molecule has 1 aliphatic rings. The molecule has 0 atom stereocenters. The Morgan fingerprint density at radius 3 is 1.91 bits per heavy atom. The maximum Gasteiger partial charge on any atom is -0.0175 e. The standard InChI is InChI=1S/C8H14.C2H6.H2S/c1-8(2)6-4-3-5-7-8;1-2;/h4,6H,3,5,7H2,1-2H3;1-2H3;1H2. The van der Waals surface area contributed by atoms with E-state index in [2.05, 4.69) is 26.0 Å². The smallest absolute Gasteiger partial charge is 0.0175 e. The average molecular weight is 174 g/mol. The highest BCUT2D eigenvalue weighted by molar-refractivity contribution is 7.59. The monoisotopic (exact) mass is 174 g/mol. The zero-order chi connectivity index (χ0) is 8.04. The highest BCUT2D eigenvalue weighted by Crippen LogP contribution is 2.28. The zero-order valence-corrected chi connectivity index (χ0v) is 9.28. The Labute approximate surface area is 78.5 Å². The Balaban J connectivity index is 0. The first-order chi connectivity index (χ1) is 4.71. The molecule has 0 aliphatic heterocycles. The van der Waals surface area contributed by atoms with Crippen molar-refractivity contribution in [1.29, 1.82) is 0 Å². The van der Waals surface area contributed by atoms with Crippen molar-refractivity contribution >= 4 is 13.5 Å². The SMILES string of the molecule is CC.CC1(C)C=CCCC1.S. The Morgan fingerprint density at radius 1 is 1.18 bits per heavy atom. The summed E-state index contributed by atoms with van der Waals surface area (Å²) in [5, 5.41) is 0. The van der Waals surface area contributed by atoms with Gasteiger partial charge in [-0.3, -0.25) is 0 Å². The second kappa shape index (κ2) is 6.78. The highest BCUT2D eigenvalue weighted by atomic mass is 32.1. The zero-order valence-electron chi connectivity index (χ0n) is 8.28. The normalized spacial score (nSPS) is 19.3. The van der Waals surface area contributed by atoms with Crippen molar-refractivity contribution in [2.75, 3.05) is 0 Å². The second-order valence-electron chi connectivity index (χ2n) is 3.28. The second-order valence-corrected chi connectivity index (χ2v) is 3.28. The van der Waals surface area contributed by atoms with Crippen LogP contribution in [0.4, 0.5) is 0 Å². The van der Waals surface area contributed by atoms with Crippen molar-refractivity contribution in [2.45, 2.75) is 47.0 Å². The molecule has 1 rings (SSSR count). The van der Waals surface area contributed by atoms with Gasteiger partial charge in [-0.25, -0.2) is 0 Å². The summed E-state index contributed by atoms with van der Waals surface area (Å²) in [5.41, 5.74) is 0.498. The molecule has 68 valence electrons. The van der Waals surface area contributed by atoms with Gasteiger partial charge in [-0.2, -0.15) is 13.5 Å². The molecule has 0 N–H and O–H groups in total. The van der Waals surface area contributed by atoms with Crippen LogP contribution in [-0.2, 0) is 0 Å². The molecule has 1 heteroatoms. The molecule has 0 aromatic rings. The van der Waals surface area contributed by atoms with Crippen LogP contribution in [0.2, 0.25) is 0 Å². The summed E-state index contributed by atoms with van der Waals surface area (Å²) in [5.74, 6) is 0. The molecule has 0 amide bonds. The molecule has 0 bridgehead atoms. The summed E-state index contributed by atoms with van der Waals surface area (Å²) in [6.45, 7) is 8.59. The van der Waals surface area contributed by atoms with Crippen molar-refractivity contribution in [1.82, 2.24) is 0 Å². The van der Waals surface area contributed by atoms with Gasteiger partial charge in [0.1, 0.15) is 0 Å². The van der Waals surface area contributed by atoms with Gasteiger partial charge >= 0.3 is 0 Å². The van der Waals surface area contributed by atoms with Crippen molar-refractivity contribution in [2.24, 2.45) is 5.41 Å². The lowest BCUT2D eigenvalue weighted by Crippen LogP contribution is -2.09. The number of hydrogen-bond acceptors (Lipinski definition) is 0. The van der Waals surface area contributed by atoms with Gasteiger partial charge in [0, 0.05) is 0 Å². The third kappa shape index (κ3) is 6.49. The van der Waals surface area contributed by atoms with Gasteiger partial charge in [0.2, 0.25) is 0 Å². The summed E-state index contributed by atoms with van der Waals surface area (Å²) in [6.07, 6.45) is 8.66. The summed E-state index contributed by atoms with van der Waals surface area (Å²) in [7, 11) is 0. The van der Waals surface area contributed by atoms with E-state index in [-0.39, 0.29) is 13.5 Å². The predicted octanol–water partition coefficient (Wildman–Crippen LogP) is 3.89. The molecule has 0 nitrogen and oxygen atoms in total. The highest BCUT2D eigenvalue weighted by Gasteiger charge is 2.14. The van der Waals surface area contributed by atoms with E-state index in [9.17, 15) is 0 Å². The summed E-state index contributed by atoms with van der Waals surface area (Å²) < 4.78 is 0. The van der Waals surface area contributed by atoms with E-state index in [1.165, 1.54) is 19.3 Å². The Kier molecular flexibility index (Phi) is 8.42. The van der Waals surface area contributed by atoms with Crippen molar-refractivity contribution in [3.63, 3.8) is 0 Å². The minimum absolute atomic E-state index is 0. The molecular weight excluding hydrogens is 152 g/mol. The maximum absolute atomic E-state index is 2.33. The molecule has 0 saturated carbocycles. The molecule has 0 fully saturated rings. The minimum Gasteiger partial charge on any atom is -0.197 e. The van der Waals surface area contributed by atoms with Crippen LogP contribution < -0.4 is 0 Å². The quantitative estimate of drug-likeness (QED) is 0.489. The fourth-order valence-electron chi connectivity index (χ4n) is 1.16. The van der Waals surface area contributed by atoms with Gasteiger partial charge in [-0.1, -0.05) is 39.8 Å². The largest absolute Gasteiger partial charge is 0.197 e. The molecule has 0 aromatic carbocycles. The van der Waals surface area contributed by atoms with Gasteiger partial charge < -0.3 is 0 Å². The fraction of sp³-hybridized carbons (Fsp3) is 0.800. The molecular formula is C10H22S. The molecule has 1 aliphatic carbocycles. The van der Waals surface area contributed by atoms with E-state index < -0.39 is 0 Å². The lowest BCUT2D eigenvalue weighted by atomic mass is 9.83. The van der Waals surface area contributed by atoms with E-state index in [1.54, 1.807) is 0 Å². The Bertz CT molecular complexity index is 103. The summed E-state index contributed by atoms with van der Waals surface area (Å²) >= 11 is 0. The van der Waals surface area contributed by atoms with Crippen molar-refractivity contribution in [3.8, 4) is 0 Å². The number of hydrogen-bond donors (Lipinski definition) is 0. The van der Waals surface area contributed by atoms with Gasteiger partial charge in [0.25, 0.3) is 0 Å². The van der Waals surface area contributed by atoms with Crippen LogP contribution >= 0.6 is 13.5 Å². The lowest BCUT2D eigenvalue weighted by Gasteiger charge is -2.22. The van der Waals surface area contributed by atoms with Gasteiger partial charge in [0.15, 0.2) is 0 Å². The molecule has 0 saturated heterocycles. The average Bonchev–Trinajstić information content (AvgIpc) is 1.92. The topological polar surface area (TPSA) is 0 Å². The summed E-state index contributed by atoms with van der Waals surface area (Å²) in [4.78, 5) is 0. The van der Waals surface area contributed by atoms with Crippen LogP contribution in [0.5, 0.6) is 0 Å². The van der Waals surface area contributed by atoms with Crippen LogP contribution in [-0.4, -0.2) is 0 Å².